The maximum absolute atomic E-state index is 12.8. The van der Waals surface area contributed by atoms with Crippen LogP contribution in [0.25, 0.3) is 6.08 Å². The van der Waals surface area contributed by atoms with Gasteiger partial charge in [0.2, 0.25) is 0 Å². The molecule has 152 valence electrons. The largest absolute Gasteiger partial charge is 0.497 e. The van der Waals surface area contributed by atoms with Crippen molar-refractivity contribution in [3.8, 4) is 5.75 Å². The Morgan fingerprint density at radius 3 is 2.27 bits per heavy atom. The second-order valence-corrected chi connectivity index (χ2v) is 6.10. The number of aromatic carboxylic acids is 1. The molecule has 0 radical (unpaired) electrons. The van der Waals surface area contributed by atoms with Crippen LogP contribution in [-0.2, 0) is 4.79 Å². The monoisotopic (exact) mass is 406 g/mol. The number of anilines is 1. The van der Waals surface area contributed by atoms with Crippen LogP contribution in [0.2, 0.25) is 0 Å². The topological polar surface area (TPSA) is 118 Å². The van der Waals surface area contributed by atoms with E-state index in [0.717, 1.165) is 0 Å². The molecule has 2 amide bonds. The summed E-state index contributed by atoms with van der Waals surface area (Å²) in [6, 6.07) is 15.6. The van der Waals surface area contributed by atoms with Crippen molar-refractivity contribution in [3.05, 3.63) is 89.5 Å². The highest BCUT2D eigenvalue weighted by Gasteiger charge is 2.17. The van der Waals surface area contributed by atoms with E-state index in [1.165, 1.54) is 42.7 Å². The second-order valence-electron chi connectivity index (χ2n) is 6.10. The highest BCUT2D eigenvalue weighted by molar-refractivity contribution is 6.10. The predicted molar refractivity (Wildman–Crippen MR) is 109 cm³/mol. The van der Waals surface area contributed by atoms with Gasteiger partial charge in [-0.3, -0.25) is 9.59 Å². The van der Waals surface area contributed by atoms with E-state index in [1.807, 2.05) is 0 Å². The summed E-state index contributed by atoms with van der Waals surface area (Å²) in [6.45, 7) is 0. The summed E-state index contributed by atoms with van der Waals surface area (Å²) in [5.41, 5.74) is 1.09. The Balaban J connectivity index is 1.84. The van der Waals surface area contributed by atoms with Crippen LogP contribution >= 0.6 is 0 Å². The number of carbonyl (C=O) groups is 3. The van der Waals surface area contributed by atoms with E-state index in [0.29, 0.717) is 17.0 Å². The number of methoxy groups -OCH3 is 1. The summed E-state index contributed by atoms with van der Waals surface area (Å²) >= 11 is 0. The van der Waals surface area contributed by atoms with Crippen LogP contribution in [0.3, 0.4) is 0 Å². The van der Waals surface area contributed by atoms with Gasteiger partial charge in [0, 0.05) is 5.69 Å². The second kappa shape index (κ2) is 9.24. The van der Waals surface area contributed by atoms with E-state index >= 15 is 0 Å². The van der Waals surface area contributed by atoms with Gasteiger partial charge >= 0.3 is 5.97 Å². The Bertz CT molecular complexity index is 1070. The molecule has 30 heavy (non-hydrogen) atoms. The van der Waals surface area contributed by atoms with E-state index in [2.05, 4.69) is 10.6 Å². The number of rotatable bonds is 7. The molecule has 1 aromatic heterocycles. The van der Waals surface area contributed by atoms with Gasteiger partial charge in [0.15, 0.2) is 5.76 Å². The third kappa shape index (κ3) is 5.14. The molecular weight excluding hydrogens is 388 g/mol. The Labute approximate surface area is 171 Å². The van der Waals surface area contributed by atoms with Crippen molar-refractivity contribution in [2.24, 2.45) is 0 Å². The van der Waals surface area contributed by atoms with Crippen LogP contribution in [0.1, 0.15) is 26.5 Å². The smallest absolute Gasteiger partial charge is 0.335 e. The van der Waals surface area contributed by atoms with Crippen LogP contribution in [0.4, 0.5) is 5.69 Å². The number of carbonyl (C=O) groups excluding carboxylic acids is 2. The maximum atomic E-state index is 12.8. The summed E-state index contributed by atoms with van der Waals surface area (Å²) in [6.07, 6.45) is 2.85. The summed E-state index contributed by atoms with van der Waals surface area (Å²) in [7, 11) is 1.54. The normalized spacial score (nSPS) is 10.9. The predicted octanol–water partition coefficient (Wildman–Crippen LogP) is 3.40. The van der Waals surface area contributed by atoms with E-state index in [-0.39, 0.29) is 17.0 Å². The first kappa shape index (κ1) is 20.4. The van der Waals surface area contributed by atoms with Gasteiger partial charge in [0.25, 0.3) is 11.8 Å². The summed E-state index contributed by atoms with van der Waals surface area (Å²) in [5, 5.41) is 14.1. The fourth-order valence-electron chi connectivity index (χ4n) is 2.51. The number of ether oxygens (including phenoxy) is 1. The maximum Gasteiger partial charge on any atom is 0.335 e. The molecule has 0 atom stereocenters. The van der Waals surface area contributed by atoms with Crippen molar-refractivity contribution < 1.29 is 28.6 Å². The van der Waals surface area contributed by atoms with E-state index in [9.17, 15) is 14.4 Å². The van der Waals surface area contributed by atoms with Crippen molar-refractivity contribution in [1.29, 1.82) is 0 Å². The Morgan fingerprint density at radius 1 is 1.00 bits per heavy atom. The molecule has 8 nitrogen and oxygen atoms in total. The number of nitrogens with one attached hydrogen (secondary N) is 2. The third-order valence-corrected chi connectivity index (χ3v) is 4.05. The molecule has 0 unspecified atom stereocenters. The fourth-order valence-corrected chi connectivity index (χ4v) is 2.51. The van der Waals surface area contributed by atoms with Crippen molar-refractivity contribution in [1.82, 2.24) is 5.32 Å². The highest BCUT2D eigenvalue weighted by atomic mass is 16.5. The number of carboxylic acids is 1. The first-order valence-corrected chi connectivity index (χ1v) is 8.81. The number of furan rings is 1. The highest BCUT2D eigenvalue weighted by Crippen LogP contribution is 2.16. The SMILES string of the molecule is COc1ccc(/C=C(\NC(=O)c2ccco2)C(=O)Nc2ccc(C(=O)O)cc2)cc1. The molecule has 0 spiro atoms. The first-order valence-electron chi connectivity index (χ1n) is 8.81. The lowest BCUT2D eigenvalue weighted by molar-refractivity contribution is -0.113. The molecule has 0 aliphatic carbocycles. The summed E-state index contributed by atoms with van der Waals surface area (Å²) in [4.78, 5) is 36.1. The molecule has 3 aromatic rings. The Hall–Kier alpha value is -4.33. The third-order valence-electron chi connectivity index (χ3n) is 4.05. The summed E-state index contributed by atoms with van der Waals surface area (Å²) in [5.74, 6) is -1.55. The quantitative estimate of drug-likeness (QED) is 0.518. The molecule has 0 saturated carbocycles. The Kier molecular flexibility index (Phi) is 6.29. The van der Waals surface area contributed by atoms with Crippen molar-refractivity contribution >= 4 is 29.5 Å². The van der Waals surface area contributed by atoms with Crippen LogP contribution in [0.15, 0.2) is 77.0 Å². The van der Waals surface area contributed by atoms with Gasteiger partial charge in [-0.25, -0.2) is 4.79 Å². The lowest BCUT2D eigenvalue weighted by Crippen LogP contribution is -2.30. The van der Waals surface area contributed by atoms with Crippen LogP contribution in [0, 0.1) is 0 Å². The number of amides is 2. The minimum Gasteiger partial charge on any atom is -0.497 e. The zero-order chi connectivity index (χ0) is 21.5. The fraction of sp³-hybridized carbons (Fsp3) is 0.0455. The van der Waals surface area contributed by atoms with Crippen molar-refractivity contribution in [2.75, 3.05) is 12.4 Å². The van der Waals surface area contributed by atoms with E-state index in [4.69, 9.17) is 14.3 Å². The van der Waals surface area contributed by atoms with Gasteiger partial charge in [0.05, 0.1) is 18.9 Å². The molecule has 0 aliphatic rings. The lowest BCUT2D eigenvalue weighted by atomic mass is 10.1. The van der Waals surface area contributed by atoms with Crippen molar-refractivity contribution in [2.45, 2.75) is 0 Å². The van der Waals surface area contributed by atoms with Gasteiger partial charge in [-0.15, -0.1) is 0 Å². The number of carboxylic acid groups (broad SMARTS) is 1. The average Bonchev–Trinajstić information content (AvgIpc) is 3.29. The molecule has 0 saturated heterocycles. The minimum absolute atomic E-state index is 0.0242. The van der Waals surface area contributed by atoms with E-state index in [1.54, 1.807) is 37.4 Å². The van der Waals surface area contributed by atoms with Crippen molar-refractivity contribution in [3.63, 3.8) is 0 Å². The molecule has 0 aliphatic heterocycles. The lowest BCUT2D eigenvalue weighted by Gasteiger charge is -2.11. The molecule has 3 N–H and O–H groups in total. The summed E-state index contributed by atoms with van der Waals surface area (Å²) < 4.78 is 10.2. The molecule has 0 bridgehead atoms. The average molecular weight is 406 g/mol. The van der Waals surface area contributed by atoms with Gasteiger partial charge in [0.1, 0.15) is 11.4 Å². The molecule has 0 fully saturated rings. The molecule has 1 heterocycles. The zero-order valence-corrected chi connectivity index (χ0v) is 15.9. The minimum atomic E-state index is -1.07. The number of benzene rings is 2. The number of hydrogen-bond donors (Lipinski definition) is 3. The molecule has 8 heteroatoms. The van der Waals surface area contributed by atoms with Gasteiger partial charge in [-0.2, -0.15) is 0 Å². The van der Waals surface area contributed by atoms with E-state index < -0.39 is 17.8 Å². The standard InChI is InChI=1S/C22H18N2O6/c1-29-17-10-4-14(5-11-17)13-18(24-21(26)19-3-2-12-30-19)20(25)23-16-8-6-15(7-9-16)22(27)28/h2-13H,1H3,(H,23,25)(H,24,26)(H,27,28)/b18-13-. The van der Waals surface area contributed by atoms with Crippen LogP contribution in [0.5, 0.6) is 5.75 Å². The van der Waals surface area contributed by atoms with Gasteiger partial charge < -0.3 is 24.9 Å². The Morgan fingerprint density at radius 2 is 1.70 bits per heavy atom. The first-order chi connectivity index (χ1) is 14.5. The van der Waals surface area contributed by atoms with Gasteiger partial charge in [-0.05, 0) is 60.2 Å². The van der Waals surface area contributed by atoms with Crippen LogP contribution < -0.4 is 15.4 Å². The van der Waals surface area contributed by atoms with Gasteiger partial charge in [-0.1, -0.05) is 12.1 Å². The number of hydrogen-bond acceptors (Lipinski definition) is 5. The zero-order valence-electron chi connectivity index (χ0n) is 15.9. The molecule has 2 aromatic carbocycles. The van der Waals surface area contributed by atoms with Crippen LogP contribution in [-0.4, -0.2) is 30.0 Å². The molecule has 3 rings (SSSR count). The molecular formula is C22H18N2O6.